The molecule has 0 heterocycles. The molecule has 0 radical (unpaired) electrons. The predicted molar refractivity (Wildman–Crippen MR) is 365 cm³/mol. The Bertz CT molecular complexity index is 2880. The maximum absolute atomic E-state index is 12.1. The number of hydrogen-bond donors (Lipinski definition) is 6. The van der Waals surface area contributed by atoms with E-state index in [2.05, 4.69) is 11.1 Å². The normalized spacial score (nSPS) is 13.2. The molecule has 0 aliphatic heterocycles. The van der Waals surface area contributed by atoms with Crippen molar-refractivity contribution in [2.75, 3.05) is 19.5 Å². The second-order valence-corrected chi connectivity index (χ2v) is 24.4. The summed E-state index contributed by atoms with van der Waals surface area (Å²) in [6, 6.07) is 46.0. The molecule has 0 aromatic heterocycles. The van der Waals surface area contributed by atoms with E-state index in [1.54, 1.807) is 12.1 Å². The third-order valence-corrected chi connectivity index (χ3v) is 15.1. The van der Waals surface area contributed by atoms with Gasteiger partial charge in [0.1, 0.15) is 23.4 Å². The van der Waals surface area contributed by atoms with Crippen molar-refractivity contribution in [3.63, 3.8) is 0 Å². The van der Waals surface area contributed by atoms with Gasteiger partial charge in [0.15, 0.2) is 0 Å². The molecular weight excluding hydrogens is 1160 g/mol. The first-order valence-electron chi connectivity index (χ1n) is 30.9. The molecule has 504 valence electrons. The molecule has 0 saturated heterocycles. The molecule has 1 saturated carbocycles. The number of amides is 2. The van der Waals surface area contributed by atoms with Crippen LogP contribution in [0.5, 0.6) is 17.2 Å². The Morgan fingerprint density at radius 1 is 0.451 bits per heavy atom. The van der Waals surface area contributed by atoms with Gasteiger partial charge in [-0.05, 0) is 154 Å². The third-order valence-electron chi connectivity index (χ3n) is 15.1. The van der Waals surface area contributed by atoms with Crippen molar-refractivity contribution < 1.29 is 72.9 Å². The second kappa shape index (κ2) is 43.7. The van der Waals surface area contributed by atoms with Crippen LogP contribution in [0.1, 0.15) is 175 Å². The van der Waals surface area contributed by atoms with Crippen molar-refractivity contribution in [1.29, 1.82) is 0 Å². The Morgan fingerprint density at radius 3 is 1.12 bits per heavy atom. The first-order valence-corrected chi connectivity index (χ1v) is 30.9. The zero-order chi connectivity index (χ0) is 70.2. The van der Waals surface area contributed by atoms with E-state index >= 15 is 0 Å². The smallest absolute Gasteiger partial charge is 0.316 e. The van der Waals surface area contributed by atoms with Crippen molar-refractivity contribution in [1.82, 2.24) is 0 Å². The number of ether oxygens (including phenoxy) is 4. The van der Waals surface area contributed by atoms with Gasteiger partial charge in [-0.3, -0.25) is 33.6 Å². The van der Waals surface area contributed by atoms with Crippen LogP contribution in [0, 0.1) is 27.1 Å². The molecule has 17 heteroatoms. The number of esters is 4. The lowest BCUT2D eigenvalue weighted by Gasteiger charge is -2.30. The summed E-state index contributed by atoms with van der Waals surface area (Å²) in [5, 5.41) is 38.1. The highest BCUT2D eigenvalue weighted by molar-refractivity contribution is 5.95. The van der Waals surface area contributed by atoms with Gasteiger partial charge in [0.05, 0.1) is 27.8 Å². The van der Waals surface area contributed by atoms with Crippen LogP contribution in [0.25, 0.3) is 21.5 Å². The fourth-order valence-corrected chi connectivity index (χ4v) is 6.85. The van der Waals surface area contributed by atoms with Crippen molar-refractivity contribution in [3.8, 4) is 17.2 Å². The maximum Gasteiger partial charge on any atom is 0.316 e. The first-order chi connectivity index (χ1) is 42.6. The number of aliphatic hydroxyl groups excluding tert-OH is 3. The van der Waals surface area contributed by atoms with Crippen molar-refractivity contribution in [2.45, 2.75) is 188 Å². The predicted octanol–water partition coefficient (Wildman–Crippen LogP) is 15.5. The highest BCUT2D eigenvalue weighted by Gasteiger charge is 2.34. The number of para-hydroxylation sites is 2. The molecule has 17 nitrogen and oxygen atoms in total. The van der Waals surface area contributed by atoms with Gasteiger partial charge >= 0.3 is 23.9 Å². The monoisotopic (exact) mass is 1260 g/mol. The molecule has 0 bridgehead atoms. The minimum Gasteiger partial charge on any atom is -0.481 e. The van der Waals surface area contributed by atoms with E-state index in [-0.39, 0.29) is 47.2 Å². The molecule has 2 amide bonds. The van der Waals surface area contributed by atoms with Gasteiger partial charge in [-0.15, -0.1) is 0 Å². The van der Waals surface area contributed by atoms with Crippen molar-refractivity contribution in [3.05, 3.63) is 146 Å². The van der Waals surface area contributed by atoms with Gasteiger partial charge in [-0.25, -0.2) is 0 Å². The largest absolute Gasteiger partial charge is 0.481 e. The highest BCUT2D eigenvalue weighted by Crippen LogP contribution is 2.32. The van der Waals surface area contributed by atoms with Crippen LogP contribution in [0.3, 0.4) is 0 Å². The zero-order valence-corrected chi connectivity index (χ0v) is 57.7. The topological polar surface area (TPSA) is 275 Å². The SMILES string of the molecule is CC(=O)O.CC(N)=O.CCC(C)(C)C(=O)Nc1ccccc1.CCC(C)(C)C(=O)OC1CCCCC1O.CCC(C)(C)C(=O)Oc1cccc2ccccc12.CCC(C)(C)C(=O)Oc1cccc2ccccc12.CCC(C)(C)C(=O)Oc1ccccc1.CO.CO. The first kappa shape index (κ1) is 85.1. The Hall–Kier alpha value is -7.99. The molecule has 1 fully saturated rings. The van der Waals surface area contributed by atoms with Gasteiger partial charge in [0, 0.05) is 49.9 Å². The number of hydrogen-bond acceptors (Lipinski definition) is 14. The Kier molecular flexibility index (Phi) is 40.8. The summed E-state index contributed by atoms with van der Waals surface area (Å²) in [4.78, 5) is 77.6. The van der Waals surface area contributed by atoms with Gasteiger partial charge in [-0.1, -0.05) is 164 Å². The lowest BCUT2D eigenvalue weighted by molar-refractivity contribution is -0.168. The van der Waals surface area contributed by atoms with Crippen LogP contribution < -0.4 is 25.3 Å². The third kappa shape index (κ3) is 33.1. The number of primary amides is 1. The van der Waals surface area contributed by atoms with E-state index < -0.39 is 33.7 Å². The minimum absolute atomic E-state index is 0.0752. The number of aliphatic carboxylic acids is 1. The van der Waals surface area contributed by atoms with Crippen LogP contribution >= 0.6 is 0 Å². The summed E-state index contributed by atoms with van der Waals surface area (Å²) in [7, 11) is 2.00. The van der Waals surface area contributed by atoms with Gasteiger partial charge < -0.3 is 50.4 Å². The standard InChI is InChI=1S/2C16H18O2.C12H17NO.C12H22O3.C12H16O2.C2H5NO.C2H4O2.2CH4O/c2*1-4-16(2,3)15(17)18-14-11-7-9-12-8-5-6-10-13(12)14;1-4-12(2,3)11(14)13-10-8-6-5-7-9-10;1-4-12(2,3)11(14)15-10-8-6-5-7-9(10)13;1-4-12(2,3)11(13)14-10-8-6-5-7-9-10;2*1-2(3)4;2*1-2/h2*5-11H,4H2,1-3H3;5-9H,4H2,1-3H3,(H,13,14);9-10,13H,4-8H2,1-3H3;5-9H,4H2,1-3H3;1H3,(H2,3,4);1H3,(H,3,4);2*2H,1H3. The number of fused-ring (bicyclic) bond motifs is 2. The molecule has 6 aromatic rings. The Balaban J connectivity index is 0. The molecule has 0 spiro atoms. The summed E-state index contributed by atoms with van der Waals surface area (Å²) in [6.07, 6.45) is 6.78. The number of nitrogens with two attached hydrogens (primary N) is 1. The summed E-state index contributed by atoms with van der Waals surface area (Å²) in [5.41, 5.74) is 3.30. The van der Waals surface area contributed by atoms with Gasteiger partial charge in [-0.2, -0.15) is 0 Å². The number of carbonyl (C=O) groups excluding carboxylic acids is 6. The number of nitrogens with one attached hydrogen (secondary N) is 1. The van der Waals surface area contributed by atoms with Gasteiger partial charge in [0.25, 0.3) is 5.97 Å². The average Bonchev–Trinajstić information content (AvgIpc) is 1.01. The molecule has 6 aromatic carbocycles. The van der Waals surface area contributed by atoms with Crippen LogP contribution in [0.4, 0.5) is 5.69 Å². The lowest BCUT2D eigenvalue weighted by atomic mass is 9.89. The lowest BCUT2D eigenvalue weighted by Crippen LogP contribution is -2.38. The molecule has 1 aliphatic carbocycles. The molecule has 1 aliphatic rings. The zero-order valence-electron chi connectivity index (χ0n) is 57.7. The summed E-state index contributed by atoms with van der Waals surface area (Å²) in [5.74, 6) is 0.0781. The summed E-state index contributed by atoms with van der Waals surface area (Å²) < 4.78 is 21.7. The fraction of sp³-hybridized carbons (Fsp3) is 0.473. The number of carboxylic acid groups (broad SMARTS) is 1. The second-order valence-electron chi connectivity index (χ2n) is 24.4. The summed E-state index contributed by atoms with van der Waals surface area (Å²) >= 11 is 0. The number of benzene rings is 6. The number of anilines is 1. The maximum atomic E-state index is 12.1. The minimum atomic E-state index is -0.833. The number of aliphatic hydroxyl groups is 3. The van der Waals surface area contributed by atoms with E-state index in [0.29, 0.717) is 17.2 Å². The molecule has 7 rings (SSSR count). The van der Waals surface area contributed by atoms with Gasteiger partial charge in [0.2, 0.25) is 11.8 Å². The molecule has 2 unspecified atom stereocenters. The van der Waals surface area contributed by atoms with E-state index in [4.69, 9.17) is 39.1 Å². The van der Waals surface area contributed by atoms with E-state index in [0.717, 1.165) is 106 Å². The van der Waals surface area contributed by atoms with Crippen molar-refractivity contribution in [2.24, 2.45) is 32.8 Å². The quantitative estimate of drug-likeness (QED) is 0.0412. The number of carbonyl (C=O) groups is 7. The number of rotatable bonds is 15. The van der Waals surface area contributed by atoms with Crippen LogP contribution in [-0.4, -0.2) is 88.5 Å². The molecule has 2 atom stereocenters. The van der Waals surface area contributed by atoms with Crippen LogP contribution in [0.2, 0.25) is 0 Å². The van der Waals surface area contributed by atoms with E-state index in [1.807, 2.05) is 237 Å². The molecule has 7 N–H and O–H groups in total. The molecule has 91 heavy (non-hydrogen) atoms. The van der Waals surface area contributed by atoms with E-state index in [9.17, 15) is 33.9 Å². The fourth-order valence-electron chi connectivity index (χ4n) is 6.85. The van der Waals surface area contributed by atoms with Crippen LogP contribution in [-0.2, 0) is 38.3 Å². The Morgan fingerprint density at radius 2 is 0.758 bits per heavy atom. The summed E-state index contributed by atoms with van der Waals surface area (Å²) in [6.45, 7) is 31.4. The number of carboxylic acids is 1. The highest BCUT2D eigenvalue weighted by atomic mass is 16.6. The average molecular weight is 1270 g/mol. The molecular formula is C74H108N2O15. The van der Waals surface area contributed by atoms with Crippen LogP contribution in [0.15, 0.2) is 146 Å². The van der Waals surface area contributed by atoms with Crippen molar-refractivity contribution >= 4 is 68.9 Å². The van der Waals surface area contributed by atoms with E-state index in [1.165, 1.54) is 6.92 Å². The Labute approximate surface area is 542 Å².